The molecule has 0 aliphatic heterocycles. The third-order valence-corrected chi connectivity index (χ3v) is 2.75. The molecule has 0 radical (unpaired) electrons. The average molecular weight is 212 g/mol. The van der Waals surface area contributed by atoms with Crippen LogP contribution in [0.3, 0.4) is 0 Å². The number of halogens is 1. The standard InChI is InChI=1S/C11H17FN2O/c1-10(2,3)11(15,7-13)8-4-5-14-6-9(8)12/h4-6,15H,7,13H2,1-3H3. The Bertz CT molecular complexity index is 349. The van der Waals surface area contributed by atoms with Crippen molar-refractivity contribution in [1.29, 1.82) is 0 Å². The highest BCUT2D eigenvalue weighted by molar-refractivity contribution is 5.24. The van der Waals surface area contributed by atoms with Crippen LogP contribution in [0.15, 0.2) is 18.5 Å². The van der Waals surface area contributed by atoms with Crippen molar-refractivity contribution in [3.05, 3.63) is 29.8 Å². The van der Waals surface area contributed by atoms with Crippen LogP contribution in [0.5, 0.6) is 0 Å². The van der Waals surface area contributed by atoms with Crippen LogP contribution in [-0.4, -0.2) is 16.6 Å². The summed E-state index contributed by atoms with van der Waals surface area (Å²) in [5.74, 6) is -0.527. The lowest BCUT2D eigenvalue weighted by Gasteiger charge is -2.39. The molecule has 0 saturated carbocycles. The first kappa shape index (κ1) is 12.1. The summed E-state index contributed by atoms with van der Waals surface area (Å²) in [7, 11) is 0. The number of nitrogens with two attached hydrogens (primary N) is 1. The van der Waals surface area contributed by atoms with E-state index in [9.17, 15) is 9.50 Å². The molecule has 3 N–H and O–H groups in total. The third kappa shape index (κ3) is 2.01. The molecule has 0 aliphatic carbocycles. The number of rotatable bonds is 2. The fourth-order valence-corrected chi connectivity index (χ4v) is 1.53. The van der Waals surface area contributed by atoms with Crippen molar-refractivity contribution < 1.29 is 9.50 Å². The van der Waals surface area contributed by atoms with Crippen molar-refractivity contribution >= 4 is 0 Å². The van der Waals surface area contributed by atoms with E-state index in [1.165, 1.54) is 12.3 Å². The Labute approximate surface area is 89.1 Å². The third-order valence-electron chi connectivity index (χ3n) is 2.75. The minimum Gasteiger partial charge on any atom is -0.383 e. The molecule has 0 saturated heterocycles. The van der Waals surface area contributed by atoms with Gasteiger partial charge >= 0.3 is 0 Å². The van der Waals surface area contributed by atoms with Gasteiger partial charge in [-0.1, -0.05) is 20.8 Å². The molecule has 4 heteroatoms. The Morgan fingerprint density at radius 3 is 2.47 bits per heavy atom. The van der Waals surface area contributed by atoms with Gasteiger partial charge in [0.2, 0.25) is 0 Å². The molecule has 0 bridgehead atoms. The molecule has 1 atom stereocenters. The van der Waals surface area contributed by atoms with Crippen molar-refractivity contribution in [1.82, 2.24) is 4.98 Å². The van der Waals surface area contributed by atoms with Crippen LogP contribution in [0.25, 0.3) is 0 Å². The zero-order valence-electron chi connectivity index (χ0n) is 9.29. The monoisotopic (exact) mass is 212 g/mol. The molecule has 1 aromatic heterocycles. The van der Waals surface area contributed by atoms with E-state index in [0.717, 1.165) is 6.20 Å². The van der Waals surface area contributed by atoms with Gasteiger partial charge in [0.1, 0.15) is 11.4 Å². The summed E-state index contributed by atoms with van der Waals surface area (Å²) < 4.78 is 13.5. The minimum atomic E-state index is -1.37. The second kappa shape index (κ2) is 3.87. The van der Waals surface area contributed by atoms with E-state index in [-0.39, 0.29) is 12.1 Å². The predicted octanol–water partition coefficient (Wildman–Crippen LogP) is 1.41. The van der Waals surface area contributed by atoms with E-state index in [4.69, 9.17) is 5.73 Å². The second-order valence-corrected chi connectivity index (χ2v) is 4.67. The van der Waals surface area contributed by atoms with Gasteiger partial charge in [0.05, 0.1) is 6.20 Å². The van der Waals surface area contributed by atoms with Gasteiger partial charge in [0, 0.05) is 18.3 Å². The van der Waals surface area contributed by atoms with E-state index >= 15 is 0 Å². The summed E-state index contributed by atoms with van der Waals surface area (Å²) in [5.41, 5.74) is 3.85. The first-order valence-electron chi connectivity index (χ1n) is 4.85. The average Bonchev–Trinajstić information content (AvgIpc) is 2.15. The smallest absolute Gasteiger partial charge is 0.147 e. The van der Waals surface area contributed by atoms with Crippen molar-refractivity contribution in [2.45, 2.75) is 26.4 Å². The second-order valence-electron chi connectivity index (χ2n) is 4.67. The van der Waals surface area contributed by atoms with Crippen LogP contribution in [0.4, 0.5) is 4.39 Å². The lowest BCUT2D eigenvalue weighted by molar-refractivity contribution is -0.0584. The van der Waals surface area contributed by atoms with Gasteiger partial charge in [0.15, 0.2) is 0 Å². The Morgan fingerprint density at radius 2 is 2.07 bits per heavy atom. The predicted molar refractivity (Wildman–Crippen MR) is 56.6 cm³/mol. The number of aromatic nitrogens is 1. The summed E-state index contributed by atoms with van der Waals surface area (Å²) in [6.45, 7) is 5.43. The summed E-state index contributed by atoms with van der Waals surface area (Å²) in [6, 6.07) is 1.47. The fourth-order valence-electron chi connectivity index (χ4n) is 1.53. The normalized spacial score (nSPS) is 16.1. The summed E-state index contributed by atoms with van der Waals surface area (Å²) in [4.78, 5) is 3.65. The van der Waals surface area contributed by atoms with Crippen LogP contribution in [0, 0.1) is 11.2 Å². The molecular formula is C11H17FN2O. The lowest BCUT2D eigenvalue weighted by atomic mass is 9.72. The maximum absolute atomic E-state index is 13.5. The molecular weight excluding hydrogens is 195 g/mol. The van der Waals surface area contributed by atoms with E-state index < -0.39 is 16.8 Å². The molecule has 1 unspecified atom stereocenters. The van der Waals surface area contributed by atoms with Crippen LogP contribution in [0.1, 0.15) is 26.3 Å². The largest absolute Gasteiger partial charge is 0.383 e. The Balaban J connectivity index is 3.30. The highest BCUT2D eigenvalue weighted by Crippen LogP contribution is 2.39. The van der Waals surface area contributed by atoms with E-state index in [1.54, 1.807) is 0 Å². The van der Waals surface area contributed by atoms with Crippen LogP contribution in [-0.2, 0) is 5.60 Å². The van der Waals surface area contributed by atoms with Gasteiger partial charge in [0.25, 0.3) is 0 Å². The van der Waals surface area contributed by atoms with Gasteiger partial charge in [-0.25, -0.2) is 4.39 Å². The number of aliphatic hydroxyl groups is 1. The molecule has 3 nitrogen and oxygen atoms in total. The van der Waals surface area contributed by atoms with Gasteiger partial charge in [-0.15, -0.1) is 0 Å². The number of nitrogens with zero attached hydrogens (tertiary/aromatic N) is 1. The molecule has 84 valence electrons. The van der Waals surface area contributed by atoms with Crippen molar-refractivity contribution in [2.75, 3.05) is 6.54 Å². The first-order valence-corrected chi connectivity index (χ1v) is 4.85. The van der Waals surface area contributed by atoms with E-state index in [2.05, 4.69) is 4.98 Å². The molecule has 1 rings (SSSR count). The topological polar surface area (TPSA) is 59.1 Å². The molecule has 0 aliphatic rings. The summed E-state index contributed by atoms with van der Waals surface area (Å²) in [6.07, 6.45) is 2.53. The van der Waals surface area contributed by atoms with Gasteiger partial charge in [-0.3, -0.25) is 4.98 Å². The zero-order valence-corrected chi connectivity index (χ0v) is 9.29. The van der Waals surface area contributed by atoms with Crippen molar-refractivity contribution in [3.63, 3.8) is 0 Å². The maximum Gasteiger partial charge on any atom is 0.147 e. The van der Waals surface area contributed by atoms with Crippen LogP contribution in [0.2, 0.25) is 0 Å². The fraction of sp³-hybridized carbons (Fsp3) is 0.545. The molecule has 1 heterocycles. The molecule has 15 heavy (non-hydrogen) atoms. The molecule has 0 aromatic carbocycles. The Kier molecular flexibility index (Phi) is 3.11. The summed E-state index contributed by atoms with van der Waals surface area (Å²) >= 11 is 0. The maximum atomic E-state index is 13.5. The van der Waals surface area contributed by atoms with Crippen molar-refractivity contribution in [2.24, 2.45) is 11.1 Å². The van der Waals surface area contributed by atoms with Gasteiger partial charge in [-0.2, -0.15) is 0 Å². The molecule has 0 spiro atoms. The SMILES string of the molecule is CC(C)(C)C(O)(CN)c1ccncc1F. The molecule has 0 fully saturated rings. The van der Waals surface area contributed by atoms with Gasteiger partial charge in [-0.05, 0) is 11.5 Å². The Morgan fingerprint density at radius 1 is 1.47 bits per heavy atom. The Hall–Kier alpha value is -1.00. The molecule has 1 aromatic rings. The quantitative estimate of drug-likeness (QED) is 0.779. The lowest BCUT2D eigenvalue weighted by Crippen LogP contribution is -2.47. The molecule has 0 amide bonds. The van der Waals surface area contributed by atoms with E-state index in [0.29, 0.717) is 0 Å². The van der Waals surface area contributed by atoms with E-state index in [1.807, 2.05) is 20.8 Å². The van der Waals surface area contributed by atoms with Crippen LogP contribution >= 0.6 is 0 Å². The number of hydrogen-bond acceptors (Lipinski definition) is 3. The van der Waals surface area contributed by atoms with Crippen LogP contribution < -0.4 is 5.73 Å². The minimum absolute atomic E-state index is 0.0303. The number of hydrogen-bond donors (Lipinski definition) is 2. The van der Waals surface area contributed by atoms with Crippen molar-refractivity contribution in [3.8, 4) is 0 Å². The zero-order chi connectivity index (χ0) is 11.7. The van der Waals surface area contributed by atoms with Gasteiger partial charge < -0.3 is 10.8 Å². The summed E-state index contributed by atoms with van der Waals surface area (Å²) in [5, 5.41) is 10.4. The highest BCUT2D eigenvalue weighted by atomic mass is 19.1. The number of pyridine rings is 1. The highest BCUT2D eigenvalue weighted by Gasteiger charge is 2.42. The first-order chi connectivity index (χ1) is 6.83.